The lowest BCUT2D eigenvalue weighted by molar-refractivity contribution is -0.109. The maximum absolute atomic E-state index is 5.89. The summed E-state index contributed by atoms with van der Waals surface area (Å²) >= 11 is 0. The maximum Gasteiger partial charge on any atom is 0.0753 e. The van der Waals surface area contributed by atoms with Crippen LogP contribution < -0.4 is 5.32 Å². The fraction of sp³-hybridized carbons (Fsp3) is 1.00. The van der Waals surface area contributed by atoms with Gasteiger partial charge >= 0.3 is 0 Å². The Hall–Kier alpha value is -0.120. The molecule has 1 N–H and O–H groups in total. The van der Waals surface area contributed by atoms with Crippen molar-refractivity contribution in [1.29, 1.82) is 0 Å². The minimum Gasteiger partial charge on any atom is -0.373 e. The Balaban J connectivity index is 2.05. The molecule has 118 valence electrons. The van der Waals surface area contributed by atoms with Gasteiger partial charge in [0.1, 0.15) is 0 Å². The second kappa shape index (κ2) is 6.33. The predicted octanol–water partition coefficient (Wildman–Crippen LogP) is 3.04. The Morgan fingerprint density at radius 1 is 1.25 bits per heavy atom. The Kier molecular flexibility index (Phi) is 5.14. The van der Waals surface area contributed by atoms with Gasteiger partial charge in [0.05, 0.1) is 12.2 Å². The molecule has 0 amide bonds. The SMILES string of the molecule is CCCNC1CCC(C)(C)CC1N1CCOC(C)(C)C1. The summed E-state index contributed by atoms with van der Waals surface area (Å²) in [6, 6.07) is 1.34. The lowest BCUT2D eigenvalue weighted by Crippen LogP contribution is -2.60. The zero-order valence-corrected chi connectivity index (χ0v) is 14.2. The summed E-state index contributed by atoms with van der Waals surface area (Å²) in [4.78, 5) is 2.69. The molecule has 1 aliphatic carbocycles. The van der Waals surface area contributed by atoms with Crippen LogP contribution >= 0.6 is 0 Å². The molecule has 3 heteroatoms. The van der Waals surface area contributed by atoms with Gasteiger partial charge < -0.3 is 10.1 Å². The van der Waals surface area contributed by atoms with Gasteiger partial charge in [0.2, 0.25) is 0 Å². The number of hydrogen-bond donors (Lipinski definition) is 1. The zero-order valence-electron chi connectivity index (χ0n) is 14.2. The van der Waals surface area contributed by atoms with E-state index in [2.05, 4.69) is 44.8 Å². The third-order valence-electron chi connectivity index (χ3n) is 4.94. The van der Waals surface area contributed by atoms with Gasteiger partial charge in [-0.15, -0.1) is 0 Å². The van der Waals surface area contributed by atoms with Crippen LogP contribution in [0, 0.1) is 5.41 Å². The van der Waals surface area contributed by atoms with Crippen molar-refractivity contribution in [2.75, 3.05) is 26.2 Å². The summed E-state index contributed by atoms with van der Waals surface area (Å²) in [5, 5.41) is 3.80. The van der Waals surface area contributed by atoms with Gasteiger partial charge in [-0.05, 0) is 51.5 Å². The van der Waals surface area contributed by atoms with Crippen LogP contribution in [-0.4, -0.2) is 48.8 Å². The first-order chi connectivity index (χ1) is 9.33. The fourth-order valence-corrected chi connectivity index (χ4v) is 3.84. The molecule has 0 bridgehead atoms. The van der Waals surface area contributed by atoms with Crippen LogP contribution in [0.25, 0.3) is 0 Å². The smallest absolute Gasteiger partial charge is 0.0753 e. The van der Waals surface area contributed by atoms with Crippen LogP contribution in [0.3, 0.4) is 0 Å². The standard InChI is InChI=1S/C17H34N2O/c1-6-9-18-14-7-8-16(2,3)12-15(14)19-10-11-20-17(4,5)13-19/h14-15,18H,6-13H2,1-5H3. The van der Waals surface area contributed by atoms with Gasteiger partial charge in [-0.3, -0.25) is 4.90 Å². The van der Waals surface area contributed by atoms with E-state index >= 15 is 0 Å². The van der Waals surface area contributed by atoms with Gasteiger partial charge in [0.25, 0.3) is 0 Å². The molecule has 0 aromatic carbocycles. The highest BCUT2D eigenvalue weighted by Crippen LogP contribution is 2.38. The van der Waals surface area contributed by atoms with E-state index in [0.717, 1.165) is 26.2 Å². The molecule has 2 rings (SSSR count). The first-order valence-electron chi connectivity index (χ1n) is 8.44. The molecule has 0 spiro atoms. The van der Waals surface area contributed by atoms with Crippen LogP contribution in [0.5, 0.6) is 0 Å². The number of hydrogen-bond acceptors (Lipinski definition) is 3. The molecule has 2 atom stereocenters. The summed E-state index contributed by atoms with van der Waals surface area (Å²) in [6.07, 6.45) is 5.19. The highest BCUT2D eigenvalue weighted by Gasteiger charge is 2.40. The minimum atomic E-state index is 0.00907. The second-order valence-electron chi connectivity index (χ2n) is 8.11. The van der Waals surface area contributed by atoms with E-state index in [4.69, 9.17) is 4.74 Å². The molecular weight excluding hydrogens is 248 g/mol. The first-order valence-corrected chi connectivity index (χ1v) is 8.44. The van der Waals surface area contributed by atoms with E-state index < -0.39 is 0 Å². The number of nitrogens with one attached hydrogen (secondary N) is 1. The molecule has 1 saturated carbocycles. The summed E-state index contributed by atoms with van der Waals surface area (Å²) < 4.78 is 5.89. The van der Waals surface area contributed by atoms with Crippen LogP contribution in [0.15, 0.2) is 0 Å². The Bertz CT molecular complexity index is 314. The molecule has 0 aromatic rings. The van der Waals surface area contributed by atoms with Gasteiger partial charge in [-0.1, -0.05) is 20.8 Å². The van der Waals surface area contributed by atoms with Gasteiger partial charge in [0, 0.05) is 25.2 Å². The first kappa shape index (κ1) is 16.3. The summed E-state index contributed by atoms with van der Waals surface area (Å²) in [5.41, 5.74) is 0.493. The third kappa shape index (κ3) is 4.19. The van der Waals surface area contributed by atoms with E-state index in [1.54, 1.807) is 0 Å². The summed E-state index contributed by atoms with van der Waals surface area (Å²) in [5.74, 6) is 0. The molecule has 0 radical (unpaired) electrons. The van der Waals surface area contributed by atoms with Gasteiger partial charge in [0.15, 0.2) is 0 Å². The van der Waals surface area contributed by atoms with Gasteiger partial charge in [-0.2, -0.15) is 0 Å². The quantitative estimate of drug-likeness (QED) is 0.858. The average Bonchev–Trinajstić information content (AvgIpc) is 2.35. The molecule has 0 aromatic heterocycles. The predicted molar refractivity (Wildman–Crippen MR) is 85.1 cm³/mol. The topological polar surface area (TPSA) is 24.5 Å². The summed E-state index contributed by atoms with van der Waals surface area (Å²) in [6.45, 7) is 15.8. The van der Waals surface area contributed by atoms with Crippen LogP contribution in [0.2, 0.25) is 0 Å². The Morgan fingerprint density at radius 2 is 2.00 bits per heavy atom. The molecule has 1 heterocycles. The second-order valence-corrected chi connectivity index (χ2v) is 8.11. The molecule has 20 heavy (non-hydrogen) atoms. The number of ether oxygens (including phenoxy) is 1. The van der Waals surface area contributed by atoms with E-state index in [-0.39, 0.29) is 5.60 Å². The van der Waals surface area contributed by atoms with Gasteiger partial charge in [-0.25, -0.2) is 0 Å². The van der Waals surface area contributed by atoms with E-state index in [9.17, 15) is 0 Å². The number of rotatable bonds is 4. The molecule has 2 unspecified atom stereocenters. The molecule has 1 aliphatic heterocycles. The highest BCUT2D eigenvalue weighted by atomic mass is 16.5. The largest absolute Gasteiger partial charge is 0.373 e. The Labute approximate surface area is 125 Å². The van der Waals surface area contributed by atoms with Crippen molar-refractivity contribution in [1.82, 2.24) is 10.2 Å². The lowest BCUT2D eigenvalue weighted by atomic mass is 9.72. The lowest BCUT2D eigenvalue weighted by Gasteiger charge is -2.50. The van der Waals surface area contributed by atoms with E-state index in [1.807, 2.05) is 0 Å². The van der Waals surface area contributed by atoms with Crippen molar-refractivity contribution in [3.8, 4) is 0 Å². The average molecular weight is 282 g/mol. The number of nitrogens with zero attached hydrogens (tertiary/aromatic N) is 1. The van der Waals surface area contributed by atoms with Crippen LogP contribution in [-0.2, 0) is 4.74 Å². The molecule has 2 fully saturated rings. The van der Waals surface area contributed by atoms with Crippen LogP contribution in [0.4, 0.5) is 0 Å². The summed E-state index contributed by atoms with van der Waals surface area (Å²) in [7, 11) is 0. The number of morpholine rings is 1. The van der Waals surface area contributed by atoms with Crippen molar-refractivity contribution in [2.24, 2.45) is 5.41 Å². The molecule has 1 saturated heterocycles. The minimum absolute atomic E-state index is 0.00907. The zero-order chi connectivity index (χ0) is 14.8. The van der Waals surface area contributed by atoms with Crippen molar-refractivity contribution in [2.45, 2.75) is 78.0 Å². The molecule has 3 nitrogen and oxygen atoms in total. The molecular formula is C17H34N2O. The fourth-order valence-electron chi connectivity index (χ4n) is 3.84. The van der Waals surface area contributed by atoms with Crippen molar-refractivity contribution < 1.29 is 4.74 Å². The maximum atomic E-state index is 5.89. The van der Waals surface area contributed by atoms with Crippen molar-refractivity contribution in [3.63, 3.8) is 0 Å². The monoisotopic (exact) mass is 282 g/mol. The van der Waals surface area contributed by atoms with E-state index in [1.165, 1.54) is 25.7 Å². The van der Waals surface area contributed by atoms with Crippen LogP contribution in [0.1, 0.15) is 60.3 Å². The molecule has 2 aliphatic rings. The third-order valence-corrected chi connectivity index (χ3v) is 4.94. The van der Waals surface area contributed by atoms with Crippen molar-refractivity contribution >= 4 is 0 Å². The van der Waals surface area contributed by atoms with Crippen molar-refractivity contribution in [3.05, 3.63) is 0 Å². The Morgan fingerprint density at radius 3 is 2.65 bits per heavy atom. The normalized spacial score (nSPS) is 34.0. The highest BCUT2D eigenvalue weighted by molar-refractivity contribution is 4.96. The van der Waals surface area contributed by atoms with E-state index in [0.29, 0.717) is 17.5 Å².